The molecule has 1 aliphatic heterocycles. The standard InChI is InChI=1S/C19H26FN5O/c1-5-16-17(20)18(22-11-21-16)25-8-6-15(7-9-25)10-26-19-12(2)13(3)23-14(4)24-19/h11,15H,5-10H2,1-4H3. The molecule has 1 fully saturated rings. The highest BCUT2D eigenvalue weighted by molar-refractivity contribution is 5.41. The number of ether oxygens (including phenoxy) is 1. The van der Waals surface area contributed by atoms with Crippen LogP contribution in [0.2, 0.25) is 0 Å². The molecule has 26 heavy (non-hydrogen) atoms. The van der Waals surface area contributed by atoms with E-state index in [-0.39, 0.29) is 5.82 Å². The van der Waals surface area contributed by atoms with Crippen molar-refractivity contribution in [2.75, 3.05) is 24.6 Å². The number of halogens is 1. The van der Waals surface area contributed by atoms with E-state index in [1.807, 2.05) is 32.6 Å². The average Bonchev–Trinajstić information content (AvgIpc) is 2.64. The molecule has 0 aromatic carbocycles. The Balaban J connectivity index is 1.58. The van der Waals surface area contributed by atoms with Gasteiger partial charge in [0.15, 0.2) is 11.6 Å². The maximum atomic E-state index is 14.4. The smallest absolute Gasteiger partial charge is 0.219 e. The second-order valence-corrected chi connectivity index (χ2v) is 6.84. The van der Waals surface area contributed by atoms with Crippen LogP contribution in [0.4, 0.5) is 10.2 Å². The van der Waals surface area contributed by atoms with Gasteiger partial charge in [-0.25, -0.2) is 19.3 Å². The molecule has 2 aromatic heterocycles. The minimum Gasteiger partial charge on any atom is -0.477 e. The van der Waals surface area contributed by atoms with E-state index in [4.69, 9.17) is 4.74 Å². The molecule has 0 radical (unpaired) electrons. The maximum absolute atomic E-state index is 14.4. The molecular weight excluding hydrogens is 333 g/mol. The monoisotopic (exact) mass is 359 g/mol. The zero-order chi connectivity index (χ0) is 18.7. The Morgan fingerprint density at radius 1 is 1.15 bits per heavy atom. The molecule has 0 atom stereocenters. The summed E-state index contributed by atoms with van der Waals surface area (Å²) in [5.74, 6) is 1.97. The van der Waals surface area contributed by atoms with E-state index in [0.29, 0.717) is 36.3 Å². The summed E-state index contributed by atoms with van der Waals surface area (Å²) in [5, 5.41) is 0. The van der Waals surface area contributed by atoms with Crippen molar-refractivity contribution >= 4 is 5.82 Å². The second-order valence-electron chi connectivity index (χ2n) is 6.84. The Hall–Kier alpha value is -2.31. The predicted molar refractivity (Wildman–Crippen MR) is 98.0 cm³/mol. The van der Waals surface area contributed by atoms with E-state index >= 15 is 0 Å². The van der Waals surface area contributed by atoms with Crippen LogP contribution >= 0.6 is 0 Å². The van der Waals surface area contributed by atoms with Crippen molar-refractivity contribution in [1.29, 1.82) is 0 Å². The summed E-state index contributed by atoms with van der Waals surface area (Å²) < 4.78 is 20.4. The Morgan fingerprint density at radius 2 is 1.88 bits per heavy atom. The summed E-state index contributed by atoms with van der Waals surface area (Å²) in [4.78, 5) is 18.9. The Morgan fingerprint density at radius 3 is 2.58 bits per heavy atom. The number of rotatable bonds is 5. The van der Waals surface area contributed by atoms with Gasteiger partial charge in [-0.3, -0.25) is 0 Å². The van der Waals surface area contributed by atoms with Crippen LogP contribution in [-0.4, -0.2) is 39.6 Å². The molecule has 1 saturated heterocycles. The largest absolute Gasteiger partial charge is 0.477 e. The summed E-state index contributed by atoms with van der Waals surface area (Å²) in [6.45, 7) is 9.89. The zero-order valence-electron chi connectivity index (χ0n) is 15.9. The van der Waals surface area contributed by atoms with Crippen molar-refractivity contribution in [3.63, 3.8) is 0 Å². The van der Waals surface area contributed by atoms with Crippen LogP contribution in [0.3, 0.4) is 0 Å². The first-order valence-corrected chi connectivity index (χ1v) is 9.18. The first-order chi connectivity index (χ1) is 12.5. The van der Waals surface area contributed by atoms with Crippen molar-refractivity contribution in [2.45, 2.75) is 47.0 Å². The van der Waals surface area contributed by atoms with E-state index in [1.165, 1.54) is 6.33 Å². The van der Waals surface area contributed by atoms with Gasteiger partial charge in [-0.05, 0) is 46.0 Å². The Bertz CT molecular complexity index is 775. The molecule has 0 unspecified atom stereocenters. The van der Waals surface area contributed by atoms with Crippen LogP contribution in [0.5, 0.6) is 5.88 Å². The molecule has 6 nitrogen and oxygen atoms in total. The third-order valence-electron chi connectivity index (χ3n) is 5.00. The Labute approximate surface area is 153 Å². The molecular formula is C19H26FN5O. The van der Waals surface area contributed by atoms with Gasteiger partial charge >= 0.3 is 0 Å². The fourth-order valence-corrected chi connectivity index (χ4v) is 3.25. The number of nitrogens with zero attached hydrogens (tertiary/aromatic N) is 5. The summed E-state index contributed by atoms with van der Waals surface area (Å²) in [6, 6.07) is 0. The van der Waals surface area contributed by atoms with Gasteiger partial charge in [-0.15, -0.1) is 0 Å². The molecule has 2 aromatic rings. The van der Waals surface area contributed by atoms with Gasteiger partial charge in [-0.2, -0.15) is 4.98 Å². The van der Waals surface area contributed by atoms with Gasteiger partial charge < -0.3 is 9.64 Å². The number of hydrogen-bond acceptors (Lipinski definition) is 6. The lowest BCUT2D eigenvalue weighted by Gasteiger charge is -2.32. The van der Waals surface area contributed by atoms with Crippen LogP contribution < -0.4 is 9.64 Å². The lowest BCUT2D eigenvalue weighted by molar-refractivity contribution is 0.213. The molecule has 3 heterocycles. The molecule has 0 bridgehead atoms. The summed E-state index contributed by atoms with van der Waals surface area (Å²) in [6.07, 6.45) is 3.90. The minimum atomic E-state index is -0.285. The maximum Gasteiger partial charge on any atom is 0.219 e. The second kappa shape index (κ2) is 7.93. The third kappa shape index (κ3) is 3.92. The average molecular weight is 359 g/mol. The lowest BCUT2D eigenvalue weighted by Crippen LogP contribution is -2.37. The minimum absolute atomic E-state index is 0.285. The Kier molecular flexibility index (Phi) is 5.64. The predicted octanol–water partition coefficient (Wildman–Crippen LogP) is 3.19. The zero-order valence-corrected chi connectivity index (χ0v) is 15.9. The molecule has 7 heteroatoms. The van der Waals surface area contributed by atoms with Crippen LogP contribution in [0, 0.1) is 32.5 Å². The number of anilines is 1. The number of piperidine rings is 1. The van der Waals surface area contributed by atoms with Crippen molar-refractivity contribution in [3.8, 4) is 5.88 Å². The quantitative estimate of drug-likeness (QED) is 0.817. The van der Waals surface area contributed by atoms with Crippen molar-refractivity contribution < 1.29 is 9.13 Å². The first-order valence-electron chi connectivity index (χ1n) is 9.18. The van der Waals surface area contributed by atoms with Gasteiger partial charge in [0.05, 0.1) is 12.3 Å². The molecule has 140 valence electrons. The van der Waals surface area contributed by atoms with E-state index < -0.39 is 0 Å². The van der Waals surface area contributed by atoms with Crippen LogP contribution in [0.15, 0.2) is 6.33 Å². The lowest BCUT2D eigenvalue weighted by atomic mass is 9.98. The SMILES string of the molecule is CCc1ncnc(N2CCC(COc3nc(C)nc(C)c3C)CC2)c1F. The van der Waals surface area contributed by atoms with Crippen LogP contribution in [0.25, 0.3) is 0 Å². The molecule has 0 aliphatic carbocycles. The topological polar surface area (TPSA) is 64.0 Å². The van der Waals surface area contributed by atoms with E-state index in [0.717, 1.165) is 43.0 Å². The van der Waals surface area contributed by atoms with Gasteiger partial charge in [0.1, 0.15) is 12.2 Å². The molecule has 3 rings (SSSR count). The summed E-state index contributed by atoms with van der Waals surface area (Å²) in [5.41, 5.74) is 2.42. The number of aryl methyl sites for hydroxylation is 3. The number of hydrogen-bond donors (Lipinski definition) is 0. The number of aromatic nitrogens is 4. The molecule has 0 N–H and O–H groups in total. The van der Waals surface area contributed by atoms with Gasteiger partial charge in [-0.1, -0.05) is 6.92 Å². The van der Waals surface area contributed by atoms with Crippen molar-refractivity contribution in [1.82, 2.24) is 19.9 Å². The highest BCUT2D eigenvalue weighted by Gasteiger charge is 2.24. The van der Waals surface area contributed by atoms with E-state index in [1.54, 1.807) is 0 Å². The van der Waals surface area contributed by atoms with E-state index in [9.17, 15) is 4.39 Å². The van der Waals surface area contributed by atoms with Crippen LogP contribution in [-0.2, 0) is 6.42 Å². The fourth-order valence-electron chi connectivity index (χ4n) is 3.25. The summed E-state index contributed by atoms with van der Waals surface area (Å²) in [7, 11) is 0. The van der Waals surface area contributed by atoms with Crippen molar-refractivity contribution in [2.24, 2.45) is 5.92 Å². The van der Waals surface area contributed by atoms with Crippen molar-refractivity contribution in [3.05, 3.63) is 34.9 Å². The first kappa shape index (κ1) is 18.5. The fraction of sp³-hybridized carbons (Fsp3) is 0.579. The highest BCUT2D eigenvalue weighted by atomic mass is 19.1. The molecule has 0 saturated carbocycles. The van der Waals surface area contributed by atoms with Gasteiger partial charge in [0.2, 0.25) is 5.88 Å². The summed E-state index contributed by atoms with van der Waals surface area (Å²) >= 11 is 0. The third-order valence-corrected chi connectivity index (χ3v) is 5.00. The van der Waals surface area contributed by atoms with Gasteiger partial charge in [0.25, 0.3) is 0 Å². The molecule has 0 spiro atoms. The van der Waals surface area contributed by atoms with Crippen LogP contribution in [0.1, 0.15) is 42.5 Å². The normalized spacial score (nSPS) is 15.3. The van der Waals surface area contributed by atoms with Gasteiger partial charge in [0, 0.05) is 24.3 Å². The van der Waals surface area contributed by atoms with E-state index in [2.05, 4.69) is 19.9 Å². The highest BCUT2D eigenvalue weighted by Crippen LogP contribution is 2.26. The molecule has 1 aliphatic rings. The molecule has 0 amide bonds.